The Hall–Kier alpha value is -2.42. The molecule has 0 aliphatic heterocycles. The zero-order valence-corrected chi connectivity index (χ0v) is 10.1. The fourth-order valence-corrected chi connectivity index (χ4v) is 1.27. The highest BCUT2D eigenvalue weighted by Gasteiger charge is 2.16. The quantitative estimate of drug-likeness (QED) is 0.605. The molecule has 1 aromatic heterocycles. The predicted molar refractivity (Wildman–Crippen MR) is 62.9 cm³/mol. The topological polar surface area (TPSA) is 130 Å². The number of aliphatic hydroxyl groups excluding tert-OH is 1. The van der Waals surface area contributed by atoms with E-state index in [1.165, 1.54) is 0 Å². The van der Waals surface area contributed by atoms with Crippen molar-refractivity contribution in [2.75, 3.05) is 13.2 Å². The Kier molecular flexibility index (Phi) is 5.01. The molecule has 0 bridgehead atoms. The van der Waals surface area contributed by atoms with Crippen LogP contribution in [0.5, 0.6) is 0 Å². The van der Waals surface area contributed by atoms with Gasteiger partial charge in [0.2, 0.25) is 0 Å². The Labute approximate surface area is 106 Å². The lowest BCUT2D eigenvalue weighted by atomic mass is 10.3. The molecule has 1 aromatic rings. The second-order valence-electron chi connectivity index (χ2n) is 3.39. The lowest BCUT2D eigenvalue weighted by Gasteiger charge is -2.06. The van der Waals surface area contributed by atoms with Gasteiger partial charge in [-0.2, -0.15) is 0 Å². The van der Waals surface area contributed by atoms with Gasteiger partial charge in [0.1, 0.15) is 5.56 Å². The van der Waals surface area contributed by atoms with Crippen LogP contribution in [0.15, 0.2) is 15.8 Å². The molecule has 0 fully saturated rings. The fraction of sp³-hybridized carbons (Fsp3) is 0.400. The maximum Gasteiger partial charge on any atom is 0.414 e. The number of imide groups is 1. The van der Waals surface area contributed by atoms with Crippen molar-refractivity contribution in [1.29, 1.82) is 0 Å². The zero-order valence-electron chi connectivity index (χ0n) is 10.1. The molecule has 0 aliphatic rings. The summed E-state index contributed by atoms with van der Waals surface area (Å²) < 4.78 is 5.43. The standard InChI is InChI=1S/C10H13N3O6/c1-2-19-10(18)12-8(16)6-5-13(3-4-14)9(17)11-7(6)15/h5,14H,2-4H2,1H3,(H,11,15,17)(H,12,16,18). The van der Waals surface area contributed by atoms with E-state index in [-0.39, 0.29) is 19.8 Å². The third-order valence-electron chi connectivity index (χ3n) is 2.09. The SMILES string of the molecule is CCOC(=O)NC(=O)c1cn(CCO)c(=O)[nH]c1=O. The first kappa shape index (κ1) is 14.6. The Morgan fingerprint density at radius 2 is 2.16 bits per heavy atom. The Bertz CT molecular complexity index is 588. The van der Waals surface area contributed by atoms with Crippen molar-refractivity contribution < 1.29 is 19.4 Å². The average molecular weight is 271 g/mol. The summed E-state index contributed by atoms with van der Waals surface area (Å²) in [6, 6.07) is 0. The van der Waals surface area contributed by atoms with Gasteiger partial charge in [-0.3, -0.25) is 24.5 Å². The van der Waals surface area contributed by atoms with Crippen molar-refractivity contribution in [3.8, 4) is 0 Å². The van der Waals surface area contributed by atoms with Crippen LogP contribution in [0.2, 0.25) is 0 Å². The van der Waals surface area contributed by atoms with Crippen LogP contribution >= 0.6 is 0 Å². The van der Waals surface area contributed by atoms with Crippen LogP contribution in [0.25, 0.3) is 0 Å². The first-order chi connectivity index (χ1) is 8.99. The minimum absolute atomic E-state index is 0.0689. The molecule has 0 spiro atoms. The molecule has 9 heteroatoms. The molecular weight excluding hydrogens is 258 g/mol. The largest absolute Gasteiger partial charge is 0.450 e. The molecule has 0 aliphatic carbocycles. The number of ether oxygens (including phenoxy) is 1. The number of hydrogen-bond donors (Lipinski definition) is 3. The molecule has 2 amide bonds. The van der Waals surface area contributed by atoms with Crippen LogP contribution in [-0.4, -0.2) is 39.9 Å². The van der Waals surface area contributed by atoms with Crippen molar-refractivity contribution in [3.05, 3.63) is 32.6 Å². The summed E-state index contributed by atoms with van der Waals surface area (Å²) in [5.41, 5.74) is -2.12. The maximum absolute atomic E-state index is 11.6. The van der Waals surface area contributed by atoms with E-state index in [1.54, 1.807) is 6.92 Å². The summed E-state index contributed by atoms with van der Waals surface area (Å²) in [4.78, 5) is 47.3. The van der Waals surface area contributed by atoms with Gasteiger partial charge in [0.05, 0.1) is 19.8 Å². The van der Waals surface area contributed by atoms with Crippen LogP contribution in [0, 0.1) is 0 Å². The highest BCUT2D eigenvalue weighted by molar-refractivity contribution is 6.02. The first-order valence-electron chi connectivity index (χ1n) is 5.42. The number of aromatic amines is 1. The first-order valence-corrected chi connectivity index (χ1v) is 5.42. The van der Waals surface area contributed by atoms with Gasteiger partial charge in [-0.1, -0.05) is 0 Å². The number of aliphatic hydroxyl groups is 1. The van der Waals surface area contributed by atoms with Gasteiger partial charge >= 0.3 is 11.8 Å². The van der Waals surface area contributed by atoms with Crippen molar-refractivity contribution >= 4 is 12.0 Å². The average Bonchev–Trinajstić information content (AvgIpc) is 2.32. The van der Waals surface area contributed by atoms with E-state index in [0.29, 0.717) is 0 Å². The molecule has 104 valence electrons. The minimum atomic E-state index is -0.994. The number of H-pyrrole nitrogens is 1. The third-order valence-corrected chi connectivity index (χ3v) is 2.09. The lowest BCUT2D eigenvalue weighted by Crippen LogP contribution is -2.39. The Morgan fingerprint density at radius 3 is 2.74 bits per heavy atom. The number of carbonyl (C=O) groups excluding carboxylic acids is 2. The van der Waals surface area contributed by atoms with Crippen molar-refractivity contribution in [3.63, 3.8) is 0 Å². The molecule has 0 atom stereocenters. The van der Waals surface area contributed by atoms with Crippen molar-refractivity contribution in [2.45, 2.75) is 13.5 Å². The van der Waals surface area contributed by atoms with E-state index in [1.807, 2.05) is 10.3 Å². The summed E-state index contributed by atoms with van der Waals surface area (Å²) in [5, 5.41) is 10.6. The molecule has 1 heterocycles. The van der Waals surface area contributed by atoms with Crippen LogP contribution in [0.1, 0.15) is 17.3 Å². The maximum atomic E-state index is 11.6. The van der Waals surface area contributed by atoms with E-state index in [4.69, 9.17) is 5.11 Å². The number of amides is 2. The zero-order chi connectivity index (χ0) is 14.4. The van der Waals surface area contributed by atoms with E-state index < -0.39 is 28.8 Å². The van der Waals surface area contributed by atoms with Crippen LogP contribution in [0.3, 0.4) is 0 Å². The molecule has 0 saturated carbocycles. The number of alkyl carbamates (subject to hydrolysis) is 1. The fourth-order valence-electron chi connectivity index (χ4n) is 1.27. The molecule has 0 unspecified atom stereocenters. The van der Waals surface area contributed by atoms with E-state index in [9.17, 15) is 19.2 Å². The van der Waals surface area contributed by atoms with Gasteiger partial charge in [0.25, 0.3) is 11.5 Å². The van der Waals surface area contributed by atoms with Crippen molar-refractivity contribution in [1.82, 2.24) is 14.9 Å². The van der Waals surface area contributed by atoms with Crippen LogP contribution in [0.4, 0.5) is 4.79 Å². The Morgan fingerprint density at radius 1 is 1.47 bits per heavy atom. The van der Waals surface area contributed by atoms with Gasteiger partial charge in [0, 0.05) is 6.20 Å². The summed E-state index contributed by atoms with van der Waals surface area (Å²) in [6.45, 7) is 1.19. The molecule has 0 aromatic carbocycles. The van der Waals surface area contributed by atoms with Crippen LogP contribution < -0.4 is 16.6 Å². The molecule has 0 saturated heterocycles. The summed E-state index contributed by atoms with van der Waals surface area (Å²) in [5.74, 6) is -0.994. The second-order valence-corrected chi connectivity index (χ2v) is 3.39. The highest BCUT2D eigenvalue weighted by atomic mass is 16.5. The third kappa shape index (κ3) is 3.78. The predicted octanol–water partition coefficient (Wildman–Crippen LogP) is -1.58. The normalized spacial score (nSPS) is 10.0. The molecule has 19 heavy (non-hydrogen) atoms. The van der Waals surface area contributed by atoms with Gasteiger partial charge in [-0.05, 0) is 6.92 Å². The van der Waals surface area contributed by atoms with Crippen LogP contribution in [-0.2, 0) is 11.3 Å². The Balaban J connectivity index is 3.03. The smallest absolute Gasteiger partial charge is 0.414 e. The molecule has 3 N–H and O–H groups in total. The number of carbonyl (C=O) groups is 2. The number of nitrogens with zero attached hydrogens (tertiary/aromatic N) is 1. The van der Waals surface area contributed by atoms with Gasteiger partial charge in [-0.15, -0.1) is 0 Å². The van der Waals surface area contributed by atoms with E-state index >= 15 is 0 Å². The van der Waals surface area contributed by atoms with Gasteiger partial charge in [-0.25, -0.2) is 9.59 Å². The number of nitrogens with one attached hydrogen (secondary N) is 2. The molecule has 0 radical (unpaired) electrons. The number of aromatic nitrogens is 2. The monoisotopic (exact) mass is 271 g/mol. The van der Waals surface area contributed by atoms with Gasteiger partial charge < -0.3 is 9.84 Å². The highest BCUT2D eigenvalue weighted by Crippen LogP contribution is 1.90. The number of rotatable bonds is 4. The molecule has 9 nitrogen and oxygen atoms in total. The minimum Gasteiger partial charge on any atom is -0.450 e. The van der Waals surface area contributed by atoms with Gasteiger partial charge in [0.15, 0.2) is 0 Å². The summed E-state index contributed by atoms with van der Waals surface area (Å²) in [6.07, 6.45) is -0.0295. The summed E-state index contributed by atoms with van der Waals surface area (Å²) >= 11 is 0. The lowest BCUT2D eigenvalue weighted by molar-refractivity contribution is 0.0922. The summed E-state index contributed by atoms with van der Waals surface area (Å²) in [7, 11) is 0. The van der Waals surface area contributed by atoms with E-state index in [2.05, 4.69) is 4.74 Å². The number of hydrogen-bond acceptors (Lipinski definition) is 6. The van der Waals surface area contributed by atoms with Crippen molar-refractivity contribution in [2.24, 2.45) is 0 Å². The van der Waals surface area contributed by atoms with E-state index in [0.717, 1.165) is 10.8 Å². The second kappa shape index (κ2) is 6.50. The molecule has 1 rings (SSSR count). The molecular formula is C10H13N3O6.